The molecule has 1 aliphatic heterocycles. The highest BCUT2D eigenvalue weighted by atomic mass is 32.2. The minimum atomic E-state index is -0.352. The quantitative estimate of drug-likeness (QED) is 0.582. The first-order chi connectivity index (χ1) is 15.9. The molecule has 0 radical (unpaired) electrons. The fourth-order valence-electron chi connectivity index (χ4n) is 3.79. The number of benzene rings is 2. The van der Waals surface area contributed by atoms with Gasteiger partial charge in [-0.3, -0.25) is 14.6 Å². The summed E-state index contributed by atoms with van der Waals surface area (Å²) < 4.78 is 20.5. The van der Waals surface area contributed by atoms with E-state index in [2.05, 4.69) is 10.3 Å². The summed E-state index contributed by atoms with van der Waals surface area (Å²) in [5.41, 5.74) is 3.65. The van der Waals surface area contributed by atoms with Crippen LogP contribution in [0.2, 0.25) is 0 Å². The maximum absolute atomic E-state index is 14.6. The van der Waals surface area contributed by atoms with Crippen molar-refractivity contribution in [3.63, 3.8) is 0 Å². The highest BCUT2D eigenvalue weighted by Crippen LogP contribution is 2.31. The van der Waals surface area contributed by atoms with E-state index in [0.29, 0.717) is 47.2 Å². The zero-order chi connectivity index (χ0) is 23.5. The second kappa shape index (κ2) is 9.62. The Morgan fingerprint density at radius 3 is 2.64 bits per heavy atom. The van der Waals surface area contributed by atoms with Crippen LogP contribution in [0.3, 0.4) is 0 Å². The Kier molecular flexibility index (Phi) is 6.65. The number of hydrogen-bond donors (Lipinski definition) is 1. The van der Waals surface area contributed by atoms with Crippen LogP contribution in [0.15, 0.2) is 53.6 Å². The van der Waals surface area contributed by atoms with Gasteiger partial charge in [-0.15, -0.1) is 11.8 Å². The minimum absolute atomic E-state index is 0.225. The SMILES string of the molecule is CNC(=O)c1ccc(-c2ccc3c(c2)CN(C(=O)c2ccc(SC)c(F)c2C)CCO3)cn1. The van der Waals surface area contributed by atoms with Crippen molar-refractivity contribution >= 4 is 23.6 Å². The summed E-state index contributed by atoms with van der Waals surface area (Å²) in [4.78, 5) is 31.4. The van der Waals surface area contributed by atoms with Crippen LogP contribution in [0.25, 0.3) is 11.1 Å². The molecule has 2 aromatic carbocycles. The molecule has 170 valence electrons. The average molecular weight is 466 g/mol. The van der Waals surface area contributed by atoms with Crippen molar-refractivity contribution in [3.8, 4) is 16.9 Å². The minimum Gasteiger partial charge on any atom is -0.491 e. The lowest BCUT2D eigenvalue weighted by atomic mass is 10.0. The van der Waals surface area contributed by atoms with E-state index in [1.807, 2.05) is 30.5 Å². The summed E-state index contributed by atoms with van der Waals surface area (Å²) in [6, 6.07) is 12.6. The number of rotatable bonds is 4. The first-order valence-corrected chi connectivity index (χ1v) is 11.7. The Balaban J connectivity index is 1.61. The normalized spacial score (nSPS) is 13.0. The van der Waals surface area contributed by atoms with Gasteiger partial charge in [-0.2, -0.15) is 0 Å². The van der Waals surface area contributed by atoms with Crippen molar-refractivity contribution < 1.29 is 18.7 Å². The Morgan fingerprint density at radius 2 is 1.94 bits per heavy atom. The molecular weight excluding hydrogens is 441 g/mol. The molecule has 1 aromatic heterocycles. The second-order valence-electron chi connectivity index (χ2n) is 7.66. The molecule has 2 amide bonds. The van der Waals surface area contributed by atoms with Crippen LogP contribution in [0.5, 0.6) is 5.75 Å². The average Bonchev–Trinajstić information content (AvgIpc) is 3.07. The van der Waals surface area contributed by atoms with E-state index in [-0.39, 0.29) is 17.6 Å². The highest BCUT2D eigenvalue weighted by molar-refractivity contribution is 7.98. The van der Waals surface area contributed by atoms with Gasteiger partial charge in [-0.25, -0.2) is 4.39 Å². The number of aromatic nitrogens is 1. The summed E-state index contributed by atoms with van der Waals surface area (Å²) in [5.74, 6) is -0.111. The van der Waals surface area contributed by atoms with E-state index in [9.17, 15) is 14.0 Å². The first kappa shape index (κ1) is 22.8. The number of thioether (sulfide) groups is 1. The molecule has 1 N–H and O–H groups in total. The molecule has 0 unspecified atom stereocenters. The summed E-state index contributed by atoms with van der Waals surface area (Å²) in [6.07, 6.45) is 3.45. The lowest BCUT2D eigenvalue weighted by Crippen LogP contribution is -2.33. The molecule has 0 saturated heterocycles. The Morgan fingerprint density at radius 1 is 1.15 bits per heavy atom. The lowest BCUT2D eigenvalue weighted by molar-refractivity contribution is 0.0731. The van der Waals surface area contributed by atoms with Crippen LogP contribution in [0.4, 0.5) is 4.39 Å². The van der Waals surface area contributed by atoms with Gasteiger partial charge in [0, 0.05) is 41.4 Å². The molecule has 1 aliphatic rings. The predicted molar refractivity (Wildman–Crippen MR) is 126 cm³/mol. The van der Waals surface area contributed by atoms with Crippen LogP contribution in [-0.2, 0) is 6.54 Å². The van der Waals surface area contributed by atoms with E-state index >= 15 is 0 Å². The van der Waals surface area contributed by atoms with E-state index < -0.39 is 0 Å². The third-order valence-corrected chi connectivity index (χ3v) is 6.44. The van der Waals surface area contributed by atoms with E-state index in [4.69, 9.17) is 4.74 Å². The number of hydrogen-bond acceptors (Lipinski definition) is 5. The first-order valence-electron chi connectivity index (χ1n) is 10.5. The number of amides is 2. The third kappa shape index (κ3) is 4.57. The van der Waals surface area contributed by atoms with Gasteiger partial charge >= 0.3 is 0 Å². The van der Waals surface area contributed by atoms with E-state index in [1.165, 1.54) is 11.8 Å². The summed E-state index contributed by atoms with van der Waals surface area (Å²) in [7, 11) is 1.56. The van der Waals surface area contributed by atoms with Gasteiger partial charge in [-0.1, -0.05) is 12.1 Å². The molecule has 6 nitrogen and oxygen atoms in total. The van der Waals surface area contributed by atoms with Crippen LogP contribution in [0, 0.1) is 12.7 Å². The zero-order valence-electron chi connectivity index (χ0n) is 18.6. The number of halogens is 1. The van der Waals surface area contributed by atoms with Crippen molar-refractivity contribution in [2.24, 2.45) is 0 Å². The van der Waals surface area contributed by atoms with Crippen LogP contribution < -0.4 is 10.1 Å². The molecule has 0 fully saturated rings. The number of carbonyl (C=O) groups is 2. The van der Waals surface area contributed by atoms with Crippen molar-refractivity contribution in [2.45, 2.75) is 18.4 Å². The van der Waals surface area contributed by atoms with Crippen molar-refractivity contribution in [2.75, 3.05) is 26.5 Å². The van der Waals surface area contributed by atoms with Crippen molar-refractivity contribution in [1.82, 2.24) is 15.2 Å². The largest absolute Gasteiger partial charge is 0.491 e. The van der Waals surface area contributed by atoms with Gasteiger partial charge in [0.25, 0.3) is 11.8 Å². The molecule has 0 saturated carbocycles. The molecule has 2 heterocycles. The summed E-state index contributed by atoms with van der Waals surface area (Å²) in [5, 5.41) is 2.55. The van der Waals surface area contributed by atoms with Gasteiger partial charge in [0.05, 0.1) is 6.54 Å². The van der Waals surface area contributed by atoms with Gasteiger partial charge in [-0.05, 0) is 54.6 Å². The molecule has 4 rings (SSSR count). The Hall–Kier alpha value is -3.39. The number of pyridine rings is 1. The van der Waals surface area contributed by atoms with Crippen LogP contribution in [-0.4, -0.2) is 48.2 Å². The molecule has 33 heavy (non-hydrogen) atoms. The fraction of sp³-hybridized carbons (Fsp3) is 0.240. The van der Waals surface area contributed by atoms with Gasteiger partial charge in [0.2, 0.25) is 0 Å². The Labute approximate surface area is 196 Å². The maximum atomic E-state index is 14.6. The molecule has 0 atom stereocenters. The smallest absolute Gasteiger partial charge is 0.269 e. The zero-order valence-corrected chi connectivity index (χ0v) is 19.5. The second-order valence-corrected chi connectivity index (χ2v) is 8.51. The van der Waals surface area contributed by atoms with Gasteiger partial charge < -0.3 is 15.0 Å². The third-order valence-electron chi connectivity index (χ3n) is 5.69. The standard InChI is InChI=1S/C25H24FN3O3S/c1-15-19(6-9-22(33-3)23(15)26)25(31)29-10-11-32-21-8-5-16(12-18(21)14-29)17-4-7-20(28-13-17)24(30)27-2/h4-9,12-13H,10-11,14H2,1-3H3,(H,27,30). The molecular formula is C25H24FN3O3S. The predicted octanol–water partition coefficient (Wildman–Crippen LogP) is 4.31. The number of ether oxygens (including phenoxy) is 1. The van der Waals surface area contributed by atoms with E-state index in [0.717, 1.165) is 16.7 Å². The number of nitrogens with one attached hydrogen (secondary N) is 1. The van der Waals surface area contributed by atoms with Crippen LogP contribution in [0.1, 0.15) is 32.0 Å². The molecule has 8 heteroatoms. The Bertz CT molecular complexity index is 1210. The monoisotopic (exact) mass is 465 g/mol. The molecule has 0 aliphatic carbocycles. The molecule has 0 spiro atoms. The molecule has 0 bridgehead atoms. The van der Waals surface area contributed by atoms with Gasteiger partial charge in [0.15, 0.2) is 0 Å². The van der Waals surface area contributed by atoms with Gasteiger partial charge in [0.1, 0.15) is 23.9 Å². The van der Waals surface area contributed by atoms with Crippen molar-refractivity contribution in [3.05, 3.63) is 76.9 Å². The number of fused-ring (bicyclic) bond motifs is 1. The number of nitrogens with zero attached hydrogens (tertiary/aromatic N) is 2. The lowest BCUT2D eigenvalue weighted by Gasteiger charge is -2.21. The molecule has 3 aromatic rings. The highest BCUT2D eigenvalue weighted by Gasteiger charge is 2.24. The fourth-order valence-corrected chi connectivity index (χ4v) is 4.33. The van der Waals surface area contributed by atoms with Crippen LogP contribution >= 0.6 is 11.8 Å². The number of carbonyl (C=O) groups excluding carboxylic acids is 2. The van der Waals surface area contributed by atoms with Crippen molar-refractivity contribution in [1.29, 1.82) is 0 Å². The summed E-state index contributed by atoms with van der Waals surface area (Å²) in [6.45, 7) is 2.73. The summed E-state index contributed by atoms with van der Waals surface area (Å²) >= 11 is 1.32. The maximum Gasteiger partial charge on any atom is 0.269 e. The van der Waals surface area contributed by atoms with E-state index in [1.54, 1.807) is 43.3 Å². The topological polar surface area (TPSA) is 71.5 Å².